The van der Waals surface area contributed by atoms with Crippen LogP contribution in [0.5, 0.6) is 0 Å². The first-order valence-electron chi connectivity index (χ1n) is 8.65. The maximum absolute atomic E-state index is 12.9. The largest absolute Gasteiger partial charge is 0.354 e. The molecule has 2 heterocycles. The molecular formula is C18H23FN4O2S. The highest BCUT2D eigenvalue weighted by Gasteiger charge is 2.17. The van der Waals surface area contributed by atoms with Gasteiger partial charge in [-0.15, -0.1) is 0 Å². The molecule has 1 N–H and O–H groups in total. The van der Waals surface area contributed by atoms with E-state index in [4.69, 9.17) is 0 Å². The summed E-state index contributed by atoms with van der Waals surface area (Å²) in [7, 11) is -3.68. The van der Waals surface area contributed by atoms with E-state index in [1.54, 1.807) is 6.20 Å². The molecule has 1 fully saturated rings. The summed E-state index contributed by atoms with van der Waals surface area (Å²) in [5, 5.41) is 0. The molecule has 0 aliphatic carbocycles. The first-order valence-corrected chi connectivity index (χ1v) is 10.1. The minimum Gasteiger partial charge on any atom is -0.354 e. The molecule has 3 rings (SSSR count). The smallest absolute Gasteiger partial charge is 0.240 e. The number of rotatable bonds is 6. The van der Waals surface area contributed by atoms with Crippen LogP contribution in [-0.2, 0) is 16.6 Å². The molecule has 0 bridgehead atoms. The summed E-state index contributed by atoms with van der Waals surface area (Å²) >= 11 is 0. The predicted octanol–water partition coefficient (Wildman–Crippen LogP) is 1.84. The molecule has 2 aromatic rings. The fourth-order valence-electron chi connectivity index (χ4n) is 2.88. The van der Waals surface area contributed by atoms with Crippen LogP contribution >= 0.6 is 0 Å². The number of hydrogen-bond acceptors (Lipinski definition) is 5. The SMILES string of the molecule is CCN1CCN(c2ccc(CNS(=O)(=O)c3ccc(F)cc3)cn2)CC1. The number of piperazine rings is 1. The topological polar surface area (TPSA) is 65.5 Å². The van der Waals surface area contributed by atoms with Gasteiger partial charge < -0.3 is 9.80 Å². The monoisotopic (exact) mass is 378 g/mol. The summed E-state index contributed by atoms with van der Waals surface area (Å²) in [4.78, 5) is 9.13. The number of nitrogens with one attached hydrogen (secondary N) is 1. The van der Waals surface area contributed by atoms with Gasteiger partial charge in [0.25, 0.3) is 0 Å². The molecule has 8 heteroatoms. The van der Waals surface area contributed by atoms with Gasteiger partial charge in [0.1, 0.15) is 11.6 Å². The third kappa shape index (κ3) is 4.57. The fourth-order valence-corrected chi connectivity index (χ4v) is 3.89. The Morgan fingerprint density at radius 2 is 1.77 bits per heavy atom. The third-order valence-electron chi connectivity index (χ3n) is 4.54. The van der Waals surface area contributed by atoms with E-state index >= 15 is 0 Å². The Hall–Kier alpha value is -2.03. The van der Waals surface area contributed by atoms with Crippen LogP contribution in [0.3, 0.4) is 0 Å². The van der Waals surface area contributed by atoms with E-state index in [1.807, 2.05) is 12.1 Å². The average Bonchev–Trinajstić information content (AvgIpc) is 2.67. The van der Waals surface area contributed by atoms with Gasteiger partial charge in [0.2, 0.25) is 10.0 Å². The van der Waals surface area contributed by atoms with Crippen LogP contribution in [0.4, 0.5) is 10.2 Å². The van der Waals surface area contributed by atoms with Crippen molar-refractivity contribution in [3.63, 3.8) is 0 Å². The number of likely N-dealkylation sites (N-methyl/N-ethyl adjacent to an activating group) is 1. The molecule has 0 amide bonds. The molecule has 140 valence electrons. The number of hydrogen-bond donors (Lipinski definition) is 1. The Bertz CT molecular complexity index is 817. The molecule has 0 spiro atoms. The van der Waals surface area contributed by atoms with E-state index in [-0.39, 0.29) is 11.4 Å². The molecule has 1 saturated heterocycles. The maximum Gasteiger partial charge on any atom is 0.240 e. The minimum absolute atomic E-state index is 0.0391. The second kappa shape index (κ2) is 8.11. The summed E-state index contributed by atoms with van der Waals surface area (Å²) in [6.07, 6.45) is 1.69. The lowest BCUT2D eigenvalue weighted by Gasteiger charge is -2.34. The lowest BCUT2D eigenvalue weighted by atomic mass is 10.2. The summed E-state index contributed by atoms with van der Waals surface area (Å²) in [5.41, 5.74) is 0.770. The van der Waals surface area contributed by atoms with Crippen LogP contribution in [0.2, 0.25) is 0 Å². The van der Waals surface area contributed by atoms with Crippen molar-refractivity contribution < 1.29 is 12.8 Å². The molecule has 26 heavy (non-hydrogen) atoms. The van der Waals surface area contributed by atoms with E-state index in [0.717, 1.165) is 56.2 Å². The zero-order chi connectivity index (χ0) is 18.6. The third-order valence-corrected chi connectivity index (χ3v) is 5.96. The Morgan fingerprint density at radius 1 is 1.08 bits per heavy atom. The number of sulfonamides is 1. The van der Waals surface area contributed by atoms with Crippen LogP contribution in [-0.4, -0.2) is 51.0 Å². The Kier molecular flexibility index (Phi) is 5.85. The molecule has 6 nitrogen and oxygen atoms in total. The van der Waals surface area contributed by atoms with Gasteiger partial charge in [-0.05, 0) is 42.4 Å². The van der Waals surface area contributed by atoms with E-state index < -0.39 is 15.8 Å². The Labute approximate surface area is 153 Å². The zero-order valence-electron chi connectivity index (χ0n) is 14.7. The number of benzene rings is 1. The maximum atomic E-state index is 12.9. The van der Waals surface area contributed by atoms with Crippen LogP contribution in [0.1, 0.15) is 12.5 Å². The average molecular weight is 378 g/mol. The van der Waals surface area contributed by atoms with Crippen molar-refractivity contribution >= 4 is 15.8 Å². The fraction of sp³-hybridized carbons (Fsp3) is 0.389. The molecule has 0 radical (unpaired) electrons. The van der Waals surface area contributed by atoms with Crippen LogP contribution in [0.25, 0.3) is 0 Å². The van der Waals surface area contributed by atoms with Gasteiger partial charge in [-0.1, -0.05) is 13.0 Å². The van der Waals surface area contributed by atoms with Crippen molar-refractivity contribution in [1.29, 1.82) is 0 Å². The van der Waals surface area contributed by atoms with E-state index in [1.165, 1.54) is 12.1 Å². The van der Waals surface area contributed by atoms with Gasteiger partial charge in [0.05, 0.1) is 4.90 Å². The molecule has 1 aromatic carbocycles. The number of anilines is 1. The van der Waals surface area contributed by atoms with Gasteiger partial charge in [-0.3, -0.25) is 0 Å². The molecule has 0 atom stereocenters. The van der Waals surface area contributed by atoms with E-state index in [0.29, 0.717) is 0 Å². The lowest BCUT2D eigenvalue weighted by molar-refractivity contribution is 0.270. The normalized spacial score (nSPS) is 16.0. The van der Waals surface area contributed by atoms with Gasteiger partial charge in [-0.2, -0.15) is 0 Å². The van der Waals surface area contributed by atoms with Crippen molar-refractivity contribution in [2.24, 2.45) is 0 Å². The molecule has 0 unspecified atom stereocenters. The summed E-state index contributed by atoms with van der Waals surface area (Å²) in [5.74, 6) is 0.439. The molecule has 0 saturated carbocycles. The molecule has 1 aliphatic heterocycles. The standard InChI is InChI=1S/C18H23FN4O2S/c1-2-22-9-11-23(12-10-22)18-8-3-15(13-20-18)14-21-26(24,25)17-6-4-16(19)5-7-17/h3-8,13,21H,2,9-12,14H2,1H3. The van der Waals surface area contributed by atoms with Crippen molar-refractivity contribution in [2.75, 3.05) is 37.6 Å². The second-order valence-electron chi connectivity index (χ2n) is 6.22. The van der Waals surface area contributed by atoms with E-state index in [9.17, 15) is 12.8 Å². The zero-order valence-corrected chi connectivity index (χ0v) is 15.5. The number of halogens is 1. The van der Waals surface area contributed by atoms with E-state index in [2.05, 4.69) is 26.4 Å². The number of nitrogens with zero attached hydrogens (tertiary/aromatic N) is 3. The van der Waals surface area contributed by atoms with Gasteiger partial charge in [0, 0.05) is 38.9 Å². The summed E-state index contributed by atoms with van der Waals surface area (Å²) in [6, 6.07) is 8.54. The minimum atomic E-state index is -3.68. The van der Waals surface area contributed by atoms with Crippen LogP contribution in [0.15, 0.2) is 47.5 Å². The van der Waals surface area contributed by atoms with Gasteiger partial charge in [0.15, 0.2) is 0 Å². The first-order chi connectivity index (χ1) is 12.5. The summed E-state index contributed by atoms with van der Waals surface area (Å²) in [6.45, 7) is 7.30. The van der Waals surface area contributed by atoms with Crippen molar-refractivity contribution in [2.45, 2.75) is 18.4 Å². The first kappa shape index (κ1) is 18.8. The highest BCUT2D eigenvalue weighted by Crippen LogP contribution is 2.15. The van der Waals surface area contributed by atoms with Crippen molar-refractivity contribution in [3.05, 3.63) is 54.0 Å². The number of pyridine rings is 1. The van der Waals surface area contributed by atoms with Gasteiger partial charge >= 0.3 is 0 Å². The van der Waals surface area contributed by atoms with Gasteiger partial charge in [-0.25, -0.2) is 22.5 Å². The number of aromatic nitrogens is 1. The lowest BCUT2D eigenvalue weighted by Crippen LogP contribution is -2.46. The predicted molar refractivity (Wildman–Crippen MR) is 99.0 cm³/mol. The highest BCUT2D eigenvalue weighted by atomic mass is 32.2. The molecular weight excluding hydrogens is 355 g/mol. The van der Waals surface area contributed by atoms with Crippen LogP contribution in [0, 0.1) is 5.82 Å². The Morgan fingerprint density at radius 3 is 2.35 bits per heavy atom. The van der Waals surface area contributed by atoms with Crippen molar-refractivity contribution in [1.82, 2.24) is 14.6 Å². The second-order valence-corrected chi connectivity index (χ2v) is 7.99. The summed E-state index contributed by atoms with van der Waals surface area (Å²) < 4.78 is 39.9. The quantitative estimate of drug-likeness (QED) is 0.831. The van der Waals surface area contributed by atoms with Crippen LogP contribution < -0.4 is 9.62 Å². The molecule has 1 aromatic heterocycles. The Balaban J connectivity index is 1.58. The highest BCUT2D eigenvalue weighted by molar-refractivity contribution is 7.89. The molecule has 1 aliphatic rings. The van der Waals surface area contributed by atoms with Crippen molar-refractivity contribution in [3.8, 4) is 0 Å².